The molecule has 1 aromatic carbocycles. The number of rotatable bonds is 9. The fourth-order valence-electron chi connectivity index (χ4n) is 5.57. The van der Waals surface area contributed by atoms with Crippen molar-refractivity contribution < 1.29 is 32.0 Å². The molecule has 2 saturated heterocycles. The highest BCUT2D eigenvalue weighted by atomic mass is 32.2. The number of hydrogen-bond acceptors (Lipinski definition) is 8. The van der Waals surface area contributed by atoms with Gasteiger partial charge in [-0.15, -0.1) is 0 Å². The second-order valence-corrected chi connectivity index (χ2v) is 12.5. The van der Waals surface area contributed by atoms with Gasteiger partial charge in [-0.1, -0.05) is 32.0 Å². The molecular formula is C28H32N4O7S. The van der Waals surface area contributed by atoms with Gasteiger partial charge in [-0.3, -0.25) is 19.4 Å². The van der Waals surface area contributed by atoms with Crippen molar-refractivity contribution in [2.45, 2.75) is 50.6 Å². The maximum atomic E-state index is 13.8. The monoisotopic (exact) mass is 568 g/mol. The Bertz CT molecular complexity index is 1540. The Morgan fingerprint density at radius 1 is 1.20 bits per heavy atom. The fourth-order valence-corrected chi connectivity index (χ4v) is 7.23. The summed E-state index contributed by atoms with van der Waals surface area (Å²) in [4.78, 5) is 45.6. The van der Waals surface area contributed by atoms with Crippen LogP contribution in [0.25, 0.3) is 11.0 Å². The molecule has 0 bridgehead atoms. The van der Waals surface area contributed by atoms with Crippen LogP contribution in [0.15, 0.2) is 53.1 Å². The standard InChI is InChI=1S/C28H32N4O7S/c1-17(2)13-20(30-27(34)24-14-18-7-6-9-23(38-3)26(18)39-24)28(35)31-12-10-21-25(31)22(33)15-32(21)40(36,37)16-19-8-4-5-11-29-19/h4-9,11,14,17,20-21,25H,10,12-13,15-16H2,1-3H3,(H,30,34). The maximum absolute atomic E-state index is 13.8. The van der Waals surface area contributed by atoms with E-state index in [0.717, 1.165) is 0 Å². The second-order valence-electron chi connectivity index (χ2n) is 10.6. The lowest BCUT2D eigenvalue weighted by Gasteiger charge is -2.29. The van der Waals surface area contributed by atoms with E-state index in [2.05, 4.69) is 10.3 Å². The largest absolute Gasteiger partial charge is 0.493 e. The molecule has 2 aliphatic heterocycles. The number of hydrogen-bond donors (Lipinski definition) is 1. The first kappa shape index (κ1) is 27.8. The Balaban J connectivity index is 1.34. The van der Waals surface area contributed by atoms with Crippen LogP contribution in [0.2, 0.25) is 0 Å². The number of likely N-dealkylation sites (tertiary alicyclic amines) is 1. The molecule has 0 spiro atoms. The summed E-state index contributed by atoms with van der Waals surface area (Å²) in [5, 5.41) is 3.48. The van der Waals surface area contributed by atoms with Gasteiger partial charge in [0.25, 0.3) is 5.91 Å². The molecule has 3 unspecified atom stereocenters. The number of amides is 2. The molecule has 0 aliphatic carbocycles. The number of carbonyl (C=O) groups is 3. The van der Waals surface area contributed by atoms with Gasteiger partial charge in [-0.2, -0.15) is 4.31 Å². The fraction of sp³-hybridized carbons (Fsp3) is 0.429. The van der Waals surface area contributed by atoms with Gasteiger partial charge in [-0.05, 0) is 43.0 Å². The zero-order valence-corrected chi connectivity index (χ0v) is 23.4. The quantitative estimate of drug-likeness (QED) is 0.415. The van der Waals surface area contributed by atoms with E-state index in [0.29, 0.717) is 35.3 Å². The third kappa shape index (κ3) is 5.33. The molecule has 12 heteroatoms. The molecule has 3 atom stereocenters. The minimum atomic E-state index is -3.84. The second kappa shape index (κ2) is 11.0. The summed E-state index contributed by atoms with van der Waals surface area (Å²) < 4.78 is 38.7. The molecule has 2 aliphatic rings. The van der Waals surface area contributed by atoms with E-state index < -0.39 is 40.0 Å². The van der Waals surface area contributed by atoms with Crippen molar-refractivity contribution in [3.8, 4) is 5.75 Å². The summed E-state index contributed by atoms with van der Waals surface area (Å²) in [6.45, 7) is 3.77. The Kier molecular flexibility index (Phi) is 7.65. The van der Waals surface area contributed by atoms with Crippen molar-refractivity contribution >= 4 is 38.6 Å². The number of nitrogens with one attached hydrogen (secondary N) is 1. The summed E-state index contributed by atoms with van der Waals surface area (Å²) in [6.07, 6.45) is 2.18. The highest BCUT2D eigenvalue weighted by molar-refractivity contribution is 7.88. The third-order valence-electron chi connectivity index (χ3n) is 7.34. The number of pyridine rings is 1. The molecular weight excluding hydrogens is 536 g/mol. The lowest BCUT2D eigenvalue weighted by atomic mass is 10.0. The molecule has 0 saturated carbocycles. The lowest BCUT2D eigenvalue weighted by Crippen LogP contribution is -2.53. The summed E-state index contributed by atoms with van der Waals surface area (Å²) in [5.74, 6) is -1.07. The first-order chi connectivity index (χ1) is 19.1. The topological polar surface area (TPSA) is 139 Å². The average Bonchev–Trinajstić information content (AvgIpc) is 3.63. The molecule has 2 aromatic heterocycles. The predicted molar refractivity (Wildman–Crippen MR) is 146 cm³/mol. The van der Waals surface area contributed by atoms with Gasteiger partial charge in [0, 0.05) is 18.1 Å². The number of ketones is 1. The molecule has 5 rings (SSSR count). The normalized spacial score (nSPS) is 20.2. The van der Waals surface area contributed by atoms with Crippen LogP contribution in [0.1, 0.15) is 42.9 Å². The van der Waals surface area contributed by atoms with Gasteiger partial charge < -0.3 is 19.4 Å². The highest BCUT2D eigenvalue weighted by Gasteiger charge is 2.54. The molecule has 2 fully saturated rings. The molecule has 2 amide bonds. The number of sulfonamides is 1. The summed E-state index contributed by atoms with van der Waals surface area (Å²) in [7, 11) is -2.34. The molecule has 212 valence electrons. The third-order valence-corrected chi connectivity index (χ3v) is 9.11. The van der Waals surface area contributed by atoms with E-state index in [4.69, 9.17) is 9.15 Å². The number of Topliss-reactive ketones (excluding diaryl/α,β-unsaturated/α-hetero) is 1. The minimum absolute atomic E-state index is 0.0316. The van der Waals surface area contributed by atoms with E-state index >= 15 is 0 Å². The number of benzene rings is 1. The molecule has 1 N–H and O–H groups in total. The summed E-state index contributed by atoms with van der Waals surface area (Å²) in [6, 6.07) is 9.44. The van der Waals surface area contributed by atoms with E-state index in [9.17, 15) is 22.8 Å². The van der Waals surface area contributed by atoms with Crippen molar-refractivity contribution in [2.24, 2.45) is 5.92 Å². The minimum Gasteiger partial charge on any atom is -0.493 e. The van der Waals surface area contributed by atoms with Gasteiger partial charge in [0.1, 0.15) is 17.8 Å². The number of aromatic nitrogens is 1. The first-order valence-electron chi connectivity index (χ1n) is 13.2. The van der Waals surface area contributed by atoms with Gasteiger partial charge in [0.15, 0.2) is 22.9 Å². The van der Waals surface area contributed by atoms with E-state index in [1.807, 2.05) is 13.8 Å². The molecule has 11 nitrogen and oxygen atoms in total. The van der Waals surface area contributed by atoms with Crippen LogP contribution in [0.5, 0.6) is 5.75 Å². The SMILES string of the molecule is COc1cccc2cc(C(=O)NC(CC(C)C)C(=O)N3CCC4C3C(=O)CN4S(=O)(=O)Cc3ccccn3)oc12. The lowest BCUT2D eigenvalue weighted by molar-refractivity contribution is -0.138. The van der Waals surface area contributed by atoms with Crippen molar-refractivity contribution in [1.82, 2.24) is 19.5 Å². The Morgan fingerprint density at radius 2 is 2.00 bits per heavy atom. The van der Waals surface area contributed by atoms with Gasteiger partial charge in [0.05, 0.1) is 25.4 Å². The Morgan fingerprint density at radius 3 is 2.70 bits per heavy atom. The van der Waals surface area contributed by atoms with Crippen LogP contribution in [0.3, 0.4) is 0 Å². The highest BCUT2D eigenvalue weighted by Crippen LogP contribution is 2.34. The van der Waals surface area contributed by atoms with Gasteiger partial charge in [0.2, 0.25) is 15.9 Å². The number of carbonyl (C=O) groups excluding carboxylic acids is 3. The molecule has 0 radical (unpaired) electrons. The Labute approximate surface area is 232 Å². The average molecular weight is 569 g/mol. The van der Waals surface area contributed by atoms with Crippen molar-refractivity contribution in [2.75, 3.05) is 20.2 Å². The molecule has 3 aromatic rings. The van der Waals surface area contributed by atoms with E-state index in [1.165, 1.54) is 22.5 Å². The number of para-hydroxylation sites is 1. The zero-order valence-electron chi connectivity index (χ0n) is 22.6. The predicted octanol–water partition coefficient (Wildman–Crippen LogP) is 2.37. The van der Waals surface area contributed by atoms with E-state index in [-0.39, 0.29) is 36.3 Å². The van der Waals surface area contributed by atoms with Crippen LogP contribution in [0.4, 0.5) is 0 Å². The van der Waals surface area contributed by atoms with Crippen molar-refractivity contribution in [3.63, 3.8) is 0 Å². The van der Waals surface area contributed by atoms with E-state index in [1.54, 1.807) is 42.5 Å². The summed E-state index contributed by atoms with van der Waals surface area (Å²) >= 11 is 0. The number of methoxy groups -OCH3 is 1. The van der Waals surface area contributed by atoms with Gasteiger partial charge >= 0.3 is 0 Å². The smallest absolute Gasteiger partial charge is 0.287 e. The van der Waals surface area contributed by atoms with Gasteiger partial charge in [-0.25, -0.2) is 8.42 Å². The zero-order chi connectivity index (χ0) is 28.6. The number of fused-ring (bicyclic) bond motifs is 2. The van der Waals surface area contributed by atoms with Crippen molar-refractivity contribution in [1.29, 1.82) is 0 Å². The number of furan rings is 1. The number of ether oxygens (including phenoxy) is 1. The number of nitrogens with zero attached hydrogens (tertiary/aromatic N) is 3. The maximum Gasteiger partial charge on any atom is 0.287 e. The van der Waals surface area contributed by atoms with Crippen LogP contribution >= 0.6 is 0 Å². The van der Waals surface area contributed by atoms with Crippen LogP contribution in [-0.2, 0) is 25.4 Å². The van der Waals surface area contributed by atoms with Crippen LogP contribution in [-0.4, -0.2) is 78.5 Å². The molecule has 4 heterocycles. The van der Waals surface area contributed by atoms with Crippen molar-refractivity contribution in [3.05, 3.63) is 60.1 Å². The van der Waals surface area contributed by atoms with Crippen LogP contribution < -0.4 is 10.1 Å². The molecule has 40 heavy (non-hydrogen) atoms. The first-order valence-corrected chi connectivity index (χ1v) is 14.8. The van der Waals surface area contributed by atoms with Crippen LogP contribution in [0, 0.1) is 5.92 Å². The summed E-state index contributed by atoms with van der Waals surface area (Å²) in [5.41, 5.74) is 0.806. The Hall–Kier alpha value is -3.77.